The Kier molecular flexibility index (Phi) is 16.6. The standard InChI is InChI=1S/C52H51F6N7O6/c1-6-61(25-11-27-62-45(37-21-17-35(31-59)18-22-37)43(47(66)70-7-2)33(4)64(49(62)68)41-15-9-13-39(29-41)51(53,54)55)26-12-28-63-46(38-23-19-36(32-60)20-24-38)44(48(67)71-8-3)34(5)65(50(63)69)42-16-10-14-40(30-42)52(56,57)58/h9-10,13-24,29-30,45-46H,6-8,11-12,25-28H2,1-5H3. The average molecular weight is 984 g/mol. The van der Waals surface area contributed by atoms with Gasteiger partial charge in [0.05, 0.1) is 82.2 Å². The fourth-order valence-electron chi connectivity index (χ4n) is 8.88. The summed E-state index contributed by atoms with van der Waals surface area (Å²) in [4.78, 5) is 64.1. The van der Waals surface area contributed by atoms with Crippen LogP contribution in [-0.4, -0.2) is 84.6 Å². The average Bonchev–Trinajstić information content (AvgIpc) is 3.34. The van der Waals surface area contributed by atoms with E-state index in [1.807, 2.05) is 24.0 Å². The number of hydrogen-bond acceptors (Lipinski definition) is 9. The lowest BCUT2D eigenvalue weighted by Crippen LogP contribution is -2.52. The molecule has 0 aliphatic carbocycles. The molecule has 2 unspecified atom stereocenters. The summed E-state index contributed by atoms with van der Waals surface area (Å²) in [5.74, 6) is -1.59. The number of benzene rings is 4. The van der Waals surface area contributed by atoms with E-state index in [2.05, 4.69) is 0 Å². The van der Waals surface area contributed by atoms with Crippen molar-refractivity contribution in [2.75, 3.05) is 55.7 Å². The molecule has 6 rings (SSSR count). The van der Waals surface area contributed by atoms with Gasteiger partial charge in [-0.3, -0.25) is 9.80 Å². The first-order valence-corrected chi connectivity index (χ1v) is 22.8. The molecule has 372 valence electrons. The third-order valence-corrected chi connectivity index (χ3v) is 12.3. The van der Waals surface area contributed by atoms with Crippen molar-refractivity contribution >= 4 is 35.4 Å². The third-order valence-electron chi connectivity index (χ3n) is 12.3. The van der Waals surface area contributed by atoms with Gasteiger partial charge < -0.3 is 24.2 Å². The summed E-state index contributed by atoms with van der Waals surface area (Å²) in [6.45, 7) is 9.00. The number of ether oxygens (including phenoxy) is 2. The largest absolute Gasteiger partial charge is 0.463 e. The normalized spacial score (nSPS) is 16.6. The van der Waals surface area contributed by atoms with Crippen molar-refractivity contribution in [1.29, 1.82) is 10.5 Å². The minimum Gasteiger partial charge on any atom is -0.463 e. The zero-order valence-electron chi connectivity index (χ0n) is 39.6. The van der Waals surface area contributed by atoms with Crippen LogP contribution in [0.15, 0.2) is 120 Å². The van der Waals surface area contributed by atoms with E-state index >= 15 is 0 Å². The summed E-state index contributed by atoms with van der Waals surface area (Å²) in [5.41, 5.74) is -0.613. The molecule has 4 aromatic rings. The number of nitriles is 2. The molecule has 13 nitrogen and oxygen atoms in total. The Morgan fingerprint density at radius 2 is 0.972 bits per heavy atom. The number of alkyl halides is 6. The fraction of sp³-hybridized carbons (Fsp3) is 0.346. The molecule has 4 amide bonds. The minimum atomic E-state index is -4.74. The maximum absolute atomic E-state index is 14.7. The predicted octanol–water partition coefficient (Wildman–Crippen LogP) is 10.9. The Bertz CT molecular complexity index is 2590. The van der Waals surface area contributed by atoms with E-state index in [-0.39, 0.29) is 73.1 Å². The summed E-state index contributed by atoms with van der Waals surface area (Å²) < 4.78 is 94.8. The number of allylic oxidation sites excluding steroid dienone is 2. The van der Waals surface area contributed by atoms with Gasteiger partial charge in [-0.2, -0.15) is 36.9 Å². The van der Waals surface area contributed by atoms with Gasteiger partial charge in [-0.25, -0.2) is 19.2 Å². The summed E-state index contributed by atoms with van der Waals surface area (Å²) >= 11 is 0. The molecule has 19 heteroatoms. The molecule has 0 bridgehead atoms. The molecular weight excluding hydrogens is 933 g/mol. The van der Waals surface area contributed by atoms with Crippen LogP contribution in [0.3, 0.4) is 0 Å². The van der Waals surface area contributed by atoms with Crippen LogP contribution in [0.1, 0.15) is 92.9 Å². The first-order valence-electron chi connectivity index (χ1n) is 22.8. The molecule has 2 aliphatic rings. The molecule has 0 fully saturated rings. The van der Waals surface area contributed by atoms with E-state index in [0.717, 1.165) is 34.1 Å². The number of nitrogens with zero attached hydrogens (tertiary/aromatic N) is 7. The number of rotatable bonds is 17. The Labute approximate surface area is 407 Å². The number of esters is 2. The quantitative estimate of drug-likeness (QED) is 0.0744. The third kappa shape index (κ3) is 11.5. The van der Waals surface area contributed by atoms with Crippen LogP contribution in [0.25, 0.3) is 0 Å². The van der Waals surface area contributed by atoms with Crippen LogP contribution in [0, 0.1) is 22.7 Å². The number of anilines is 2. The Morgan fingerprint density at radius 1 is 0.606 bits per heavy atom. The SMILES string of the molecule is CCOC(=O)C1=C(C)N(c2cccc(C(F)(F)F)c2)C(=O)N(CCCN(CC)CCCN2C(=O)N(c3cccc(C(F)(F)F)c3)C(C)=C(C(=O)OCC)C2c2ccc(C#N)cc2)C1c1ccc(C#N)cc1. The number of carbonyl (C=O) groups is 4. The minimum absolute atomic E-state index is 0.00887. The molecule has 0 radical (unpaired) electrons. The molecule has 4 aromatic carbocycles. The van der Waals surface area contributed by atoms with Crippen molar-refractivity contribution in [2.45, 2.75) is 71.9 Å². The van der Waals surface area contributed by atoms with E-state index in [1.54, 1.807) is 38.1 Å². The van der Waals surface area contributed by atoms with E-state index in [9.17, 15) is 56.0 Å². The maximum atomic E-state index is 14.7. The predicted molar refractivity (Wildman–Crippen MR) is 250 cm³/mol. The maximum Gasteiger partial charge on any atom is 0.416 e. The monoisotopic (exact) mass is 983 g/mol. The molecule has 0 aromatic heterocycles. The lowest BCUT2D eigenvalue weighted by Gasteiger charge is -2.43. The van der Waals surface area contributed by atoms with E-state index in [0.29, 0.717) is 41.9 Å². The number of hydrogen-bond donors (Lipinski definition) is 0. The molecule has 0 spiro atoms. The highest BCUT2D eigenvalue weighted by molar-refractivity contribution is 6.04. The lowest BCUT2D eigenvalue weighted by atomic mass is 9.92. The number of carbonyl (C=O) groups excluding carboxylic acids is 4. The number of halogens is 6. The van der Waals surface area contributed by atoms with Gasteiger partial charge in [0, 0.05) is 24.5 Å². The highest BCUT2D eigenvalue weighted by Gasteiger charge is 2.45. The molecular formula is C52H51F6N7O6. The van der Waals surface area contributed by atoms with Gasteiger partial charge in [0.1, 0.15) is 0 Å². The lowest BCUT2D eigenvalue weighted by molar-refractivity contribution is -0.140. The fourth-order valence-corrected chi connectivity index (χ4v) is 8.88. The van der Waals surface area contributed by atoms with Gasteiger partial charge in [-0.15, -0.1) is 0 Å². The van der Waals surface area contributed by atoms with Crippen molar-refractivity contribution in [3.05, 3.63) is 153 Å². The Balaban J connectivity index is 1.31. The van der Waals surface area contributed by atoms with E-state index < -0.39 is 59.6 Å². The van der Waals surface area contributed by atoms with Crippen molar-refractivity contribution in [2.24, 2.45) is 0 Å². The Hall–Kier alpha value is -7.64. The van der Waals surface area contributed by atoms with Crippen molar-refractivity contribution in [3.8, 4) is 12.1 Å². The molecule has 2 heterocycles. The van der Waals surface area contributed by atoms with Crippen LogP contribution in [0.5, 0.6) is 0 Å². The van der Waals surface area contributed by atoms with Gasteiger partial charge in [0.25, 0.3) is 0 Å². The number of amides is 4. The molecule has 71 heavy (non-hydrogen) atoms. The summed E-state index contributed by atoms with van der Waals surface area (Å²) in [5, 5.41) is 19.1. The van der Waals surface area contributed by atoms with E-state index in [4.69, 9.17) is 9.47 Å². The van der Waals surface area contributed by atoms with Gasteiger partial charge >= 0.3 is 36.4 Å². The zero-order valence-corrected chi connectivity index (χ0v) is 39.6. The second kappa shape index (κ2) is 22.4. The molecule has 0 N–H and O–H groups in total. The highest BCUT2D eigenvalue weighted by Crippen LogP contribution is 2.43. The first kappa shape index (κ1) is 52.7. The van der Waals surface area contributed by atoms with Crippen molar-refractivity contribution in [1.82, 2.24) is 14.7 Å². The number of urea groups is 2. The highest BCUT2D eigenvalue weighted by atomic mass is 19.4. The zero-order chi connectivity index (χ0) is 51.8. The summed E-state index contributed by atoms with van der Waals surface area (Å²) in [6.07, 6.45) is -8.94. The van der Waals surface area contributed by atoms with Gasteiger partial charge in [-0.05, 0) is 132 Å². The van der Waals surface area contributed by atoms with Crippen LogP contribution in [0.4, 0.5) is 47.3 Å². The Morgan fingerprint density at radius 3 is 1.28 bits per heavy atom. The molecule has 2 atom stereocenters. The van der Waals surface area contributed by atoms with Crippen molar-refractivity contribution in [3.63, 3.8) is 0 Å². The van der Waals surface area contributed by atoms with Crippen LogP contribution in [-0.2, 0) is 31.4 Å². The summed E-state index contributed by atoms with van der Waals surface area (Å²) in [7, 11) is 0. The smallest absolute Gasteiger partial charge is 0.416 e. The van der Waals surface area contributed by atoms with Crippen molar-refractivity contribution < 1.29 is 55.0 Å². The summed E-state index contributed by atoms with van der Waals surface area (Å²) in [6, 6.07) is 21.4. The second-order valence-corrected chi connectivity index (χ2v) is 16.6. The van der Waals surface area contributed by atoms with Crippen LogP contribution in [0.2, 0.25) is 0 Å². The molecule has 2 aliphatic heterocycles. The van der Waals surface area contributed by atoms with Gasteiger partial charge in [0.15, 0.2) is 0 Å². The topological polar surface area (TPSA) is 151 Å². The van der Waals surface area contributed by atoms with E-state index in [1.165, 1.54) is 72.2 Å². The molecule has 0 saturated heterocycles. The van der Waals surface area contributed by atoms with Crippen LogP contribution >= 0.6 is 0 Å². The second-order valence-electron chi connectivity index (χ2n) is 16.6. The molecule has 0 saturated carbocycles. The van der Waals surface area contributed by atoms with Gasteiger partial charge in [-0.1, -0.05) is 43.3 Å². The van der Waals surface area contributed by atoms with Crippen LogP contribution < -0.4 is 9.80 Å². The van der Waals surface area contributed by atoms with Gasteiger partial charge in [0.2, 0.25) is 0 Å². The first-order chi connectivity index (χ1) is 33.8.